The summed E-state index contributed by atoms with van der Waals surface area (Å²) in [7, 11) is 0. The van der Waals surface area contributed by atoms with Gasteiger partial charge in [-0.2, -0.15) is 13.9 Å². The number of alkyl halides is 3. The Bertz CT molecular complexity index is 1210. The monoisotopic (exact) mass is 591 g/mol. The highest BCUT2D eigenvalue weighted by Gasteiger charge is 2.44. The van der Waals surface area contributed by atoms with Crippen LogP contribution in [-0.2, 0) is 6.42 Å². The van der Waals surface area contributed by atoms with Crippen molar-refractivity contribution in [2.24, 2.45) is 0 Å². The Hall–Kier alpha value is -2.49. The molecular weight excluding hydrogens is 563 g/mol. The summed E-state index contributed by atoms with van der Waals surface area (Å²) in [6.07, 6.45) is 5.47. The number of Topliss-reactive ketones (excluding diaryl/α,β-unsaturated/α-hetero) is 1. The molecule has 0 amide bonds. The first kappa shape index (κ1) is 24.2. The maximum absolute atomic E-state index is 13.4. The highest BCUT2D eigenvalue weighted by Crippen LogP contribution is 2.53. The van der Waals surface area contributed by atoms with Crippen molar-refractivity contribution >= 4 is 34.1 Å². The number of fused-ring (bicyclic) bond motifs is 3. The van der Waals surface area contributed by atoms with Crippen LogP contribution in [-0.4, -0.2) is 38.6 Å². The topological polar surface area (TPSA) is 58.2 Å². The number of hydrogen-bond donors (Lipinski definition) is 1. The van der Waals surface area contributed by atoms with E-state index in [0.717, 1.165) is 45.8 Å². The number of ether oxygens (including phenoxy) is 1. The molecule has 0 saturated heterocycles. The minimum absolute atomic E-state index is 0.0265. The van der Waals surface area contributed by atoms with Gasteiger partial charge in [0.25, 0.3) is 0 Å². The predicted molar refractivity (Wildman–Crippen MR) is 141 cm³/mol. The summed E-state index contributed by atoms with van der Waals surface area (Å²) in [5.74, 6) is 0.825. The van der Waals surface area contributed by atoms with Crippen LogP contribution in [0.3, 0.4) is 0 Å². The largest absolute Gasteiger partial charge is 0.486 e. The molecule has 0 bridgehead atoms. The molecule has 35 heavy (non-hydrogen) atoms. The van der Waals surface area contributed by atoms with Gasteiger partial charge in [0.05, 0.1) is 11.4 Å². The Morgan fingerprint density at radius 3 is 2.66 bits per heavy atom. The third-order valence-electron chi connectivity index (χ3n) is 6.99. The fourth-order valence-corrected chi connectivity index (χ4v) is 5.75. The molecule has 5 nitrogen and oxygen atoms in total. The second kappa shape index (κ2) is 9.52. The molecule has 3 aromatic rings. The number of nitrogens with one attached hydrogen (secondary N) is 1. The summed E-state index contributed by atoms with van der Waals surface area (Å²) in [4.78, 5) is 16.0. The molecule has 1 aliphatic heterocycles. The summed E-state index contributed by atoms with van der Waals surface area (Å²) >= 11 is 1.05. The molecule has 2 aliphatic rings. The van der Waals surface area contributed by atoms with Gasteiger partial charge in [0.2, 0.25) is 0 Å². The Morgan fingerprint density at radius 1 is 1.23 bits per heavy atom. The lowest BCUT2D eigenvalue weighted by Crippen LogP contribution is -2.37. The average molecular weight is 591 g/mol. The minimum Gasteiger partial charge on any atom is -0.486 e. The SMILES string of the molecule is CC(C)N1c2c(-c3ccn[nH]3)cc(C(=O)Cc3ccc(OCC(F)(F)I)cc3)cc2C2CCCC21. The van der Waals surface area contributed by atoms with Crippen molar-refractivity contribution < 1.29 is 18.3 Å². The smallest absolute Gasteiger partial charge is 0.329 e. The Balaban J connectivity index is 1.44. The third-order valence-corrected chi connectivity index (χ3v) is 7.31. The highest BCUT2D eigenvalue weighted by atomic mass is 127. The molecule has 0 radical (unpaired) electrons. The van der Waals surface area contributed by atoms with E-state index in [9.17, 15) is 13.6 Å². The summed E-state index contributed by atoms with van der Waals surface area (Å²) < 4.78 is 28.3. The lowest BCUT2D eigenvalue weighted by Gasteiger charge is -2.32. The minimum atomic E-state index is -2.92. The predicted octanol–water partition coefficient (Wildman–Crippen LogP) is 6.77. The Kier molecular flexibility index (Phi) is 6.59. The van der Waals surface area contributed by atoms with Crippen molar-refractivity contribution in [1.82, 2.24) is 10.2 Å². The number of ketones is 1. The van der Waals surface area contributed by atoms with Crippen molar-refractivity contribution in [3.63, 3.8) is 0 Å². The molecule has 1 aromatic heterocycles. The molecule has 8 heteroatoms. The molecule has 2 heterocycles. The van der Waals surface area contributed by atoms with Crippen LogP contribution in [0.15, 0.2) is 48.7 Å². The van der Waals surface area contributed by atoms with Crippen LogP contribution in [0, 0.1) is 0 Å². The van der Waals surface area contributed by atoms with Crippen LogP contribution in [0.2, 0.25) is 0 Å². The van der Waals surface area contributed by atoms with Crippen molar-refractivity contribution in [3.05, 3.63) is 65.4 Å². The number of nitrogens with zero attached hydrogens (tertiary/aromatic N) is 2. The molecule has 2 unspecified atom stereocenters. The van der Waals surface area contributed by atoms with E-state index in [4.69, 9.17) is 4.74 Å². The van der Waals surface area contributed by atoms with E-state index in [0.29, 0.717) is 29.3 Å². The van der Waals surface area contributed by atoms with Gasteiger partial charge in [0.1, 0.15) is 5.75 Å². The zero-order valence-corrected chi connectivity index (χ0v) is 21.9. The zero-order chi connectivity index (χ0) is 24.7. The first-order valence-electron chi connectivity index (χ1n) is 12.0. The number of H-pyrrole nitrogens is 1. The maximum Gasteiger partial charge on any atom is 0.329 e. The van der Waals surface area contributed by atoms with Gasteiger partial charge in [-0.1, -0.05) is 18.6 Å². The Morgan fingerprint density at radius 2 is 2.00 bits per heavy atom. The van der Waals surface area contributed by atoms with Gasteiger partial charge in [0, 0.05) is 64.3 Å². The van der Waals surface area contributed by atoms with Crippen molar-refractivity contribution in [2.75, 3.05) is 11.5 Å². The van der Waals surface area contributed by atoms with Crippen LogP contribution in [0.25, 0.3) is 11.3 Å². The van der Waals surface area contributed by atoms with Gasteiger partial charge < -0.3 is 9.64 Å². The first-order valence-corrected chi connectivity index (χ1v) is 13.1. The molecule has 1 N–H and O–H groups in total. The molecule has 0 spiro atoms. The number of carbonyl (C=O) groups is 1. The van der Waals surface area contributed by atoms with Crippen LogP contribution >= 0.6 is 22.6 Å². The second-order valence-corrected chi connectivity index (χ2v) is 11.3. The molecule has 1 aliphatic carbocycles. The third kappa shape index (κ3) is 4.94. The second-order valence-electron chi connectivity index (χ2n) is 9.69. The zero-order valence-electron chi connectivity index (χ0n) is 19.7. The molecule has 5 rings (SSSR count). The number of rotatable bonds is 8. The Labute approximate surface area is 217 Å². The van der Waals surface area contributed by atoms with Crippen LogP contribution in [0.1, 0.15) is 60.5 Å². The number of hydrogen-bond acceptors (Lipinski definition) is 4. The van der Waals surface area contributed by atoms with Crippen LogP contribution in [0.5, 0.6) is 5.75 Å². The van der Waals surface area contributed by atoms with Crippen LogP contribution in [0.4, 0.5) is 14.5 Å². The lowest BCUT2D eigenvalue weighted by molar-refractivity contribution is 0.0647. The summed E-state index contributed by atoms with van der Waals surface area (Å²) in [6, 6.07) is 13.7. The van der Waals surface area contributed by atoms with E-state index in [-0.39, 0.29) is 12.2 Å². The number of anilines is 1. The standard InChI is InChI=1S/C27H28F2IN3O2/c1-16(2)33-24-5-3-4-20(24)21-13-18(14-22(26(21)33)23-10-11-31-32-23)25(34)12-17-6-8-19(9-7-17)35-15-27(28,29)30/h6-11,13-14,16,20,24H,3-5,12,15H2,1-2H3,(H,31,32). The van der Waals surface area contributed by atoms with E-state index >= 15 is 0 Å². The quantitative estimate of drug-likeness (QED) is 0.179. The first-order chi connectivity index (χ1) is 16.7. The molecule has 2 atom stereocenters. The molecule has 184 valence electrons. The van der Waals surface area contributed by atoms with Gasteiger partial charge in [-0.25, -0.2) is 0 Å². The fraction of sp³-hybridized carbons (Fsp3) is 0.407. The van der Waals surface area contributed by atoms with E-state index in [1.54, 1.807) is 30.5 Å². The summed E-state index contributed by atoms with van der Waals surface area (Å²) in [6.45, 7) is 3.77. The van der Waals surface area contributed by atoms with Crippen molar-refractivity contribution in [1.29, 1.82) is 0 Å². The lowest BCUT2D eigenvalue weighted by atomic mass is 9.91. The van der Waals surface area contributed by atoms with Crippen molar-refractivity contribution in [2.45, 2.75) is 61.5 Å². The molecule has 1 saturated carbocycles. The fourth-order valence-electron chi connectivity index (χ4n) is 5.60. The van der Waals surface area contributed by atoms with Gasteiger partial charge in [0.15, 0.2) is 12.4 Å². The maximum atomic E-state index is 13.4. The van der Waals surface area contributed by atoms with E-state index in [2.05, 4.69) is 35.0 Å². The average Bonchev–Trinajstić information content (AvgIpc) is 3.55. The number of carbonyl (C=O) groups excluding carboxylic acids is 1. The number of benzene rings is 2. The van der Waals surface area contributed by atoms with Gasteiger partial charge in [-0.05, 0) is 68.1 Å². The summed E-state index contributed by atoms with van der Waals surface area (Å²) in [5, 5.41) is 7.26. The summed E-state index contributed by atoms with van der Waals surface area (Å²) in [5.41, 5.74) is 5.93. The molecular formula is C27H28F2IN3O2. The normalized spacial score (nSPS) is 19.2. The van der Waals surface area contributed by atoms with E-state index < -0.39 is 10.5 Å². The number of aromatic nitrogens is 2. The van der Waals surface area contributed by atoms with Crippen LogP contribution < -0.4 is 9.64 Å². The highest BCUT2D eigenvalue weighted by molar-refractivity contribution is 14.1. The molecule has 2 aromatic carbocycles. The van der Waals surface area contributed by atoms with Gasteiger partial charge in [-0.3, -0.25) is 9.89 Å². The van der Waals surface area contributed by atoms with Crippen molar-refractivity contribution in [3.8, 4) is 17.0 Å². The number of halogens is 3. The molecule has 1 fully saturated rings. The number of aromatic amines is 1. The van der Waals surface area contributed by atoms with E-state index in [1.807, 2.05) is 12.1 Å². The van der Waals surface area contributed by atoms with Gasteiger partial charge >= 0.3 is 3.93 Å². The van der Waals surface area contributed by atoms with Gasteiger partial charge in [-0.15, -0.1) is 0 Å². The van der Waals surface area contributed by atoms with E-state index in [1.165, 1.54) is 24.1 Å².